The van der Waals surface area contributed by atoms with Crippen LogP contribution in [0.3, 0.4) is 0 Å². The number of hydrogen-bond donors (Lipinski definition) is 0. The van der Waals surface area contributed by atoms with Gasteiger partial charge >= 0.3 is 0 Å². The summed E-state index contributed by atoms with van der Waals surface area (Å²) in [5.74, 6) is 3.15. The van der Waals surface area contributed by atoms with E-state index in [1.807, 2.05) is 0 Å². The van der Waals surface area contributed by atoms with Gasteiger partial charge in [-0.1, -0.05) is 60.5 Å². The van der Waals surface area contributed by atoms with E-state index < -0.39 is 0 Å². The van der Waals surface area contributed by atoms with Crippen LogP contribution in [0.4, 0.5) is 0 Å². The molecule has 2 nitrogen and oxygen atoms in total. The number of hydrogen-bond acceptors (Lipinski definition) is 2. The van der Waals surface area contributed by atoms with Gasteiger partial charge in [-0.3, -0.25) is 0 Å². The standard InChI is InChI=1S/C31H53NO/c1-21-22(32-33-9)10-11-23-28(21,5)13-12-24-29(23,6)17-19-31(8)25-20-26(2,3)14-15-27(25,4)16-18-30(24,31)7/h21,23-25H,10-20H2,1-9H3/t21-,23+,24-,25+,27+,28+,29-,30+,31-/m0/s1. The zero-order chi connectivity index (χ0) is 24.1. The summed E-state index contributed by atoms with van der Waals surface area (Å²) < 4.78 is 0. The fourth-order valence-corrected chi connectivity index (χ4v) is 11.4. The Morgan fingerprint density at radius 2 is 1.33 bits per heavy atom. The highest BCUT2D eigenvalue weighted by Gasteiger charge is 2.70. The molecule has 33 heavy (non-hydrogen) atoms. The summed E-state index contributed by atoms with van der Waals surface area (Å²) in [5, 5.41) is 4.50. The highest BCUT2D eigenvalue weighted by molar-refractivity contribution is 5.87. The number of fused-ring (bicyclic) bond motifs is 7. The molecule has 188 valence electrons. The maximum atomic E-state index is 5.27. The summed E-state index contributed by atoms with van der Waals surface area (Å²) in [5.41, 5.74) is 4.26. The van der Waals surface area contributed by atoms with Gasteiger partial charge in [-0.05, 0) is 121 Å². The van der Waals surface area contributed by atoms with Crippen LogP contribution in [-0.2, 0) is 4.84 Å². The molecule has 5 aliphatic rings. The minimum absolute atomic E-state index is 0.376. The van der Waals surface area contributed by atoms with Crippen LogP contribution in [0.15, 0.2) is 5.16 Å². The van der Waals surface area contributed by atoms with Gasteiger partial charge in [0.05, 0.1) is 5.71 Å². The summed E-state index contributed by atoms with van der Waals surface area (Å²) >= 11 is 0. The third kappa shape index (κ3) is 3.06. The highest BCUT2D eigenvalue weighted by Crippen LogP contribution is 2.78. The largest absolute Gasteiger partial charge is 0.399 e. The summed E-state index contributed by atoms with van der Waals surface area (Å²) in [4.78, 5) is 5.27. The molecule has 5 aliphatic carbocycles. The normalized spacial score (nSPS) is 56.8. The van der Waals surface area contributed by atoms with Crippen molar-refractivity contribution in [1.29, 1.82) is 0 Å². The average Bonchev–Trinajstić information content (AvgIpc) is 2.74. The predicted molar refractivity (Wildman–Crippen MR) is 139 cm³/mol. The van der Waals surface area contributed by atoms with Crippen molar-refractivity contribution in [2.24, 2.45) is 61.3 Å². The Balaban J connectivity index is 1.52. The predicted octanol–water partition coefficient (Wildman–Crippen LogP) is 8.89. The molecular formula is C31H53NO. The monoisotopic (exact) mass is 455 g/mol. The lowest BCUT2D eigenvalue weighted by Gasteiger charge is -2.75. The van der Waals surface area contributed by atoms with Gasteiger partial charge in [0.15, 0.2) is 0 Å². The zero-order valence-corrected chi connectivity index (χ0v) is 23.4. The fraction of sp³-hybridized carbons (Fsp3) is 0.968. The van der Waals surface area contributed by atoms with Crippen LogP contribution in [-0.4, -0.2) is 12.8 Å². The van der Waals surface area contributed by atoms with Crippen LogP contribution in [0.2, 0.25) is 0 Å². The molecule has 0 spiro atoms. The molecule has 0 N–H and O–H groups in total. The Kier molecular flexibility index (Phi) is 5.31. The molecule has 5 fully saturated rings. The van der Waals surface area contributed by atoms with Crippen LogP contribution in [0, 0.1) is 56.2 Å². The van der Waals surface area contributed by atoms with Crippen molar-refractivity contribution in [1.82, 2.24) is 0 Å². The molecule has 0 radical (unpaired) electrons. The SMILES string of the molecule is CON=C1CC[C@@H]2[C@](C)(CC[C@H]3[C@@]2(C)CC[C@@]2(C)[C@@H]4CC(C)(C)CC[C@]4(C)CC[C@]32C)[C@H]1C. The summed E-state index contributed by atoms with van der Waals surface area (Å²) in [7, 11) is 1.72. The minimum Gasteiger partial charge on any atom is -0.399 e. The molecular weight excluding hydrogens is 402 g/mol. The van der Waals surface area contributed by atoms with E-state index in [4.69, 9.17) is 4.84 Å². The molecule has 0 heterocycles. The summed E-state index contributed by atoms with van der Waals surface area (Å²) in [6.45, 7) is 21.2. The van der Waals surface area contributed by atoms with Gasteiger partial charge in [-0.25, -0.2) is 0 Å². The van der Waals surface area contributed by atoms with Crippen LogP contribution in [0.25, 0.3) is 0 Å². The van der Waals surface area contributed by atoms with E-state index in [9.17, 15) is 0 Å². The second kappa shape index (κ2) is 7.25. The van der Waals surface area contributed by atoms with Crippen LogP contribution in [0.5, 0.6) is 0 Å². The molecule has 0 aromatic rings. The molecule has 0 amide bonds. The van der Waals surface area contributed by atoms with Crippen molar-refractivity contribution in [3.63, 3.8) is 0 Å². The first-order valence-electron chi connectivity index (χ1n) is 14.4. The lowest BCUT2D eigenvalue weighted by Crippen LogP contribution is -2.67. The lowest BCUT2D eigenvalue weighted by atomic mass is 9.30. The third-order valence-corrected chi connectivity index (χ3v) is 14.0. The van der Waals surface area contributed by atoms with Crippen molar-refractivity contribution in [2.75, 3.05) is 7.11 Å². The Morgan fingerprint density at radius 3 is 2.03 bits per heavy atom. The van der Waals surface area contributed by atoms with Gasteiger partial charge < -0.3 is 4.84 Å². The van der Waals surface area contributed by atoms with Gasteiger partial charge in [0.1, 0.15) is 7.11 Å². The van der Waals surface area contributed by atoms with Gasteiger partial charge in [0.25, 0.3) is 0 Å². The van der Waals surface area contributed by atoms with E-state index in [1.165, 1.54) is 69.9 Å². The molecule has 0 aliphatic heterocycles. The molecule has 9 atom stereocenters. The zero-order valence-electron chi connectivity index (χ0n) is 23.4. The van der Waals surface area contributed by atoms with Crippen molar-refractivity contribution in [3.05, 3.63) is 0 Å². The van der Waals surface area contributed by atoms with Crippen molar-refractivity contribution < 1.29 is 4.84 Å². The van der Waals surface area contributed by atoms with Crippen molar-refractivity contribution >= 4 is 5.71 Å². The average molecular weight is 456 g/mol. The minimum atomic E-state index is 0.376. The molecule has 0 aromatic heterocycles. The third-order valence-electron chi connectivity index (χ3n) is 14.0. The van der Waals surface area contributed by atoms with Crippen molar-refractivity contribution in [2.45, 2.75) is 126 Å². The molecule has 0 unspecified atom stereocenters. The second-order valence-corrected chi connectivity index (χ2v) is 15.6. The van der Waals surface area contributed by atoms with E-state index in [2.05, 4.69) is 60.5 Å². The van der Waals surface area contributed by atoms with Crippen molar-refractivity contribution in [3.8, 4) is 0 Å². The number of rotatable bonds is 1. The van der Waals surface area contributed by atoms with E-state index >= 15 is 0 Å². The number of nitrogens with zero attached hydrogens (tertiary/aromatic N) is 1. The highest BCUT2D eigenvalue weighted by atomic mass is 16.6. The summed E-state index contributed by atoms with van der Waals surface area (Å²) in [6.07, 6.45) is 15.4. The van der Waals surface area contributed by atoms with E-state index in [0.717, 1.165) is 24.2 Å². The van der Waals surface area contributed by atoms with E-state index in [0.29, 0.717) is 38.4 Å². The quantitative estimate of drug-likeness (QED) is 0.362. The number of oxime groups is 1. The first kappa shape index (κ1) is 24.2. The Bertz CT molecular complexity index is 831. The molecule has 0 aromatic carbocycles. The van der Waals surface area contributed by atoms with Gasteiger partial charge in [0.2, 0.25) is 0 Å². The molecule has 2 heteroatoms. The maximum absolute atomic E-state index is 5.27. The lowest BCUT2D eigenvalue weighted by molar-refractivity contribution is -0.254. The van der Waals surface area contributed by atoms with Gasteiger partial charge in [0, 0.05) is 5.92 Å². The molecule has 5 rings (SSSR count). The maximum Gasteiger partial charge on any atom is 0.106 e. The van der Waals surface area contributed by atoms with Crippen LogP contribution in [0.1, 0.15) is 126 Å². The molecule has 0 saturated heterocycles. The fourth-order valence-electron chi connectivity index (χ4n) is 11.4. The van der Waals surface area contributed by atoms with Gasteiger partial charge in [-0.15, -0.1) is 0 Å². The summed E-state index contributed by atoms with van der Waals surface area (Å²) in [6, 6.07) is 0. The smallest absolute Gasteiger partial charge is 0.106 e. The first-order chi connectivity index (χ1) is 15.3. The van der Waals surface area contributed by atoms with E-state index in [1.54, 1.807) is 7.11 Å². The Morgan fingerprint density at radius 1 is 0.697 bits per heavy atom. The van der Waals surface area contributed by atoms with Gasteiger partial charge in [-0.2, -0.15) is 0 Å². The van der Waals surface area contributed by atoms with Crippen LogP contribution < -0.4 is 0 Å². The topological polar surface area (TPSA) is 21.6 Å². The van der Waals surface area contributed by atoms with E-state index in [-0.39, 0.29) is 0 Å². The Labute approximate surface area is 205 Å². The molecule has 5 saturated carbocycles. The Hall–Kier alpha value is -0.530. The van der Waals surface area contributed by atoms with Crippen LogP contribution >= 0.6 is 0 Å². The molecule has 0 bridgehead atoms. The second-order valence-electron chi connectivity index (χ2n) is 15.6. The first-order valence-corrected chi connectivity index (χ1v) is 14.4.